The number of amides is 1. The number of nitrogens with one attached hydrogen (secondary N) is 2. The average Bonchev–Trinajstić information content (AvgIpc) is 3.26. The molecule has 2 fully saturated rings. The van der Waals surface area contributed by atoms with Gasteiger partial charge in [0.2, 0.25) is 15.9 Å². The summed E-state index contributed by atoms with van der Waals surface area (Å²) in [4.78, 5) is 15.0. The predicted molar refractivity (Wildman–Crippen MR) is 123 cm³/mol. The number of aryl methyl sites for hydroxylation is 2. The molecule has 0 saturated carbocycles. The first-order valence-electron chi connectivity index (χ1n) is 10.4. The zero-order valence-electron chi connectivity index (χ0n) is 17.6. The SMILES string of the molecule is Cc1ccc(C2CC(C(=O)N3CCN(S(=O)(=O)c4ccc(Br)cc4)CC3)NN2)cc1C. The highest BCUT2D eigenvalue weighted by Crippen LogP contribution is 2.26. The van der Waals surface area contributed by atoms with Crippen LogP contribution in [0.1, 0.15) is 29.2 Å². The molecule has 2 atom stereocenters. The number of rotatable bonds is 4. The Labute approximate surface area is 192 Å². The Kier molecular flexibility index (Phi) is 6.50. The van der Waals surface area contributed by atoms with Gasteiger partial charge in [-0.15, -0.1) is 0 Å². The number of hydrogen-bond acceptors (Lipinski definition) is 5. The predicted octanol–water partition coefficient (Wildman–Crippen LogP) is 2.51. The first kappa shape index (κ1) is 22.4. The summed E-state index contributed by atoms with van der Waals surface area (Å²) in [6.45, 7) is 5.55. The summed E-state index contributed by atoms with van der Waals surface area (Å²) in [6.07, 6.45) is 0.665. The number of hydrazine groups is 1. The Morgan fingerprint density at radius 1 is 0.968 bits per heavy atom. The summed E-state index contributed by atoms with van der Waals surface area (Å²) in [6, 6.07) is 12.7. The first-order chi connectivity index (χ1) is 14.8. The van der Waals surface area contributed by atoms with E-state index in [9.17, 15) is 13.2 Å². The fourth-order valence-electron chi connectivity index (χ4n) is 4.04. The van der Waals surface area contributed by atoms with Gasteiger partial charge in [-0.1, -0.05) is 34.1 Å². The molecule has 2 aromatic rings. The van der Waals surface area contributed by atoms with Gasteiger partial charge in [0, 0.05) is 36.7 Å². The molecule has 1 amide bonds. The van der Waals surface area contributed by atoms with Crippen molar-refractivity contribution in [3.8, 4) is 0 Å². The average molecular weight is 507 g/mol. The van der Waals surface area contributed by atoms with Gasteiger partial charge in [0.1, 0.15) is 6.04 Å². The maximum Gasteiger partial charge on any atom is 0.243 e. The van der Waals surface area contributed by atoms with Crippen LogP contribution in [0.3, 0.4) is 0 Å². The standard InChI is InChI=1S/C22H27BrN4O3S/c1-15-3-4-17(13-16(15)2)20-14-21(25-24-20)22(28)26-9-11-27(12-10-26)31(29,30)19-7-5-18(23)6-8-19/h3-8,13,20-21,24-25H,9-12,14H2,1-2H3. The van der Waals surface area contributed by atoms with E-state index in [1.807, 2.05) is 0 Å². The summed E-state index contributed by atoms with van der Waals surface area (Å²) in [5.74, 6) is 0.0134. The van der Waals surface area contributed by atoms with Gasteiger partial charge in [0.25, 0.3) is 0 Å². The zero-order valence-corrected chi connectivity index (χ0v) is 20.0. The van der Waals surface area contributed by atoms with E-state index in [-0.39, 0.29) is 22.9 Å². The molecule has 2 N–H and O–H groups in total. The Bertz CT molecular complexity index is 1070. The maximum atomic E-state index is 13.0. The Morgan fingerprint density at radius 2 is 1.65 bits per heavy atom. The molecule has 2 saturated heterocycles. The molecule has 2 aromatic carbocycles. The second-order valence-corrected chi connectivity index (χ2v) is 11.0. The van der Waals surface area contributed by atoms with Gasteiger partial charge in [-0.2, -0.15) is 4.31 Å². The van der Waals surface area contributed by atoms with Gasteiger partial charge in [-0.25, -0.2) is 19.3 Å². The highest BCUT2D eigenvalue weighted by molar-refractivity contribution is 9.10. The number of sulfonamides is 1. The van der Waals surface area contributed by atoms with E-state index in [1.54, 1.807) is 29.2 Å². The largest absolute Gasteiger partial charge is 0.339 e. The van der Waals surface area contributed by atoms with Crippen molar-refractivity contribution in [3.63, 3.8) is 0 Å². The lowest BCUT2D eigenvalue weighted by molar-refractivity contribution is -0.134. The van der Waals surface area contributed by atoms with E-state index in [0.717, 1.165) is 10.0 Å². The molecule has 4 rings (SSSR count). The number of halogens is 1. The minimum atomic E-state index is -3.55. The number of carbonyl (C=O) groups is 1. The number of nitrogens with zero attached hydrogens (tertiary/aromatic N) is 2. The maximum absolute atomic E-state index is 13.0. The minimum Gasteiger partial charge on any atom is -0.339 e. The summed E-state index contributed by atoms with van der Waals surface area (Å²) in [5.41, 5.74) is 10.0. The Balaban J connectivity index is 1.35. The van der Waals surface area contributed by atoms with E-state index in [2.05, 4.69) is 58.8 Å². The van der Waals surface area contributed by atoms with Gasteiger partial charge in [0.05, 0.1) is 4.90 Å². The van der Waals surface area contributed by atoms with Crippen molar-refractivity contribution in [3.05, 3.63) is 63.6 Å². The first-order valence-corrected chi connectivity index (χ1v) is 12.6. The minimum absolute atomic E-state index is 0.0134. The van der Waals surface area contributed by atoms with Gasteiger partial charge >= 0.3 is 0 Å². The monoisotopic (exact) mass is 506 g/mol. The lowest BCUT2D eigenvalue weighted by Crippen LogP contribution is -2.54. The van der Waals surface area contributed by atoms with Crippen LogP contribution < -0.4 is 10.9 Å². The van der Waals surface area contributed by atoms with Crippen molar-refractivity contribution in [2.75, 3.05) is 26.2 Å². The summed E-state index contributed by atoms with van der Waals surface area (Å²) in [5, 5.41) is 0. The third-order valence-corrected chi connectivity index (χ3v) is 8.58. The van der Waals surface area contributed by atoms with Crippen LogP contribution in [0, 0.1) is 13.8 Å². The lowest BCUT2D eigenvalue weighted by Gasteiger charge is -2.35. The second kappa shape index (κ2) is 8.99. The fourth-order valence-corrected chi connectivity index (χ4v) is 5.73. The van der Waals surface area contributed by atoms with Gasteiger partial charge < -0.3 is 4.90 Å². The van der Waals surface area contributed by atoms with Crippen molar-refractivity contribution in [1.29, 1.82) is 0 Å². The molecule has 0 spiro atoms. The molecule has 7 nitrogen and oxygen atoms in total. The van der Waals surface area contributed by atoms with E-state index in [1.165, 1.54) is 15.4 Å². The molecule has 0 radical (unpaired) electrons. The molecule has 2 aliphatic rings. The van der Waals surface area contributed by atoms with E-state index >= 15 is 0 Å². The van der Waals surface area contributed by atoms with Crippen LogP contribution in [0.2, 0.25) is 0 Å². The van der Waals surface area contributed by atoms with Crippen LogP contribution in [0.4, 0.5) is 0 Å². The molecule has 0 bridgehead atoms. The van der Waals surface area contributed by atoms with Crippen molar-refractivity contribution >= 4 is 31.9 Å². The quantitative estimate of drug-likeness (QED) is 0.665. The molecule has 2 heterocycles. The molecular formula is C22H27BrN4O3S. The van der Waals surface area contributed by atoms with Crippen LogP contribution in [-0.4, -0.2) is 55.8 Å². The third-order valence-electron chi connectivity index (χ3n) is 6.14. The molecule has 166 valence electrons. The van der Waals surface area contributed by atoms with Gasteiger partial charge in [0.15, 0.2) is 0 Å². The highest BCUT2D eigenvalue weighted by atomic mass is 79.9. The number of benzene rings is 2. The summed E-state index contributed by atoms with van der Waals surface area (Å²) in [7, 11) is -3.55. The van der Waals surface area contributed by atoms with Crippen LogP contribution in [0.5, 0.6) is 0 Å². The van der Waals surface area contributed by atoms with Crippen LogP contribution in [0.15, 0.2) is 51.8 Å². The molecule has 9 heteroatoms. The topological polar surface area (TPSA) is 81.8 Å². The third kappa shape index (κ3) is 4.70. The van der Waals surface area contributed by atoms with E-state index < -0.39 is 10.0 Å². The molecular weight excluding hydrogens is 480 g/mol. The van der Waals surface area contributed by atoms with Crippen LogP contribution in [0.25, 0.3) is 0 Å². The fraction of sp³-hybridized carbons (Fsp3) is 0.409. The van der Waals surface area contributed by atoms with E-state index in [0.29, 0.717) is 32.6 Å². The number of piperazine rings is 1. The molecule has 31 heavy (non-hydrogen) atoms. The summed E-state index contributed by atoms with van der Waals surface area (Å²) < 4.78 is 28.0. The number of carbonyl (C=O) groups excluding carboxylic acids is 1. The van der Waals surface area contributed by atoms with Gasteiger partial charge in [-0.05, 0) is 61.2 Å². The highest BCUT2D eigenvalue weighted by Gasteiger charge is 2.36. The Hall–Kier alpha value is -1.78. The van der Waals surface area contributed by atoms with Crippen molar-refractivity contribution < 1.29 is 13.2 Å². The van der Waals surface area contributed by atoms with E-state index in [4.69, 9.17) is 0 Å². The molecule has 0 aromatic heterocycles. The molecule has 2 unspecified atom stereocenters. The summed E-state index contributed by atoms with van der Waals surface area (Å²) >= 11 is 3.33. The Morgan fingerprint density at radius 3 is 2.29 bits per heavy atom. The van der Waals surface area contributed by atoms with Crippen molar-refractivity contribution in [2.24, 2.45) is 0 Å². The second-order valence-electron chi connectivity index (χ2n) is 8.16. The number of hydrogen-bond donors (Lipinski definition) is 2. The molecule has 2 aliphatic heterocycles. The molecule has 0 aliphatic carbocycles. The smallest absolute Gasteiger partial charge is 0.243 e. The van der Waals surface area contributed by atoms with Crippen LogP contribution in [-0.2, 0) is 14.8 Å². The van der Waals surface area contributed by atoms with Crippen LogP contribution >= 0.6 is 15.9 Å². The van der Waals surface area contributed by atoms with Crippen molar-refractivity contribution in [2.45, 2.75) is 37.2 Å². The van der Waals surface area contributed by atoms with Gasteiger partial charge in [-0.3, -0.25) is 4.79 Å². The zero-order chi connectivity index (χ0) is 22.2. The lowest BCUT2D eigenvalue weighted by atomic mass is 9.98. The normalized spacial score (nSPS) is 22.6. The van der Waals surface area contributed by atoms with Crippen molar-refractivity contribution in [1.82, 2.24) is 20.1 Å².